The van der Waals surface area contributed by atoms with E-state index in [1.807, 2.05) is 17.7 Å². The molecule has 8 heteroatoms. The molecule has 0 bridgehead atoms. The molecule has 136 valence electrons. The molecule has 7 nitrogen and oxygen atoms in total. The summed E-state index contributed by atoms with van der Waals surface area (Å²) in [6, 6.07) is 5.48. The molecular weight excluding hydrogens is 335 g/mol. The molecule has 4 heterocycles. The van der Waals surface area contributed by atoms with Gasteiger partial charge in [-0.05, 0) is 51.5 Å². The van der Waals surface area contributed by atoms with Gasteiger partial charge in [-0.2, -0.15) is 9.49 Å². The lowest BCUT2D eigenvalue weighted by Gasteiger charge is -2.29. The molecule has 4 rings (SSSR count). The molecule has 3 aromatic heterocycles. The summed E-state index contributed by atoms with van der Waals surface area (Å²) < 4.78 is 17.7. The number of hydrogen-bond donors (Lipinski definition) is 1. The number of rotatable bonds is 3. The first-order valence-electron chi connectivity index (χ1n) is 8.70. The molecule has 1 saturated heterocycles. The molecule has 1 fully saturated rings. The normalized spacial score (nSPS) is 16.3. The van der Waals surface area contributed by atoms with Gasteiger partial charge >= 0.3 is 0 Å². The number of hydrogen-bond acceptors (Lipinski definition) is 4. The second kappa shape index (κ2) is 6.53. The van der Waals surface area contributed by atoms with Crippen LogP contribution in [0.5, 0.6) is 0 Å². The first-order valence-corrected chi connectivity index (χ1v) is 8.70. The van der Waals surface area contributed by atoms with Crippen LogP contribution < -0.4 is 5.32 Å². The number of aryl methyl sites for hydroxylation is 1. The van der Waals surface area contributed by atoms with Crippen LogP contribution in [-0.2, 0) is 0 Å². The second-order valence-corrected chi connectivity index (χ2v) is 6.84. The van der Waals surface area contributed by atoms with Crippen LogP contribution >= 0.6 is 0 Å². The van der Waals surface area contributed by atoms with Gasteiger partial charge in [0.1, 0.15) is 11.5 Å². The number of nitrogens with one attached hydrogen (secondary N) is 1. The van der Waals surface area contributed by atoms with Crippen molar-refractivity contribution in [3.05, 3.63) is 47.8 Å². The van der Waals surface area contributed by atoms with Gasteiger partial charge in [0, 0.05) is 12.3 Å². The third-order valence-electron chi connectivity index (χ3n) is 4.87. The summed E-state index contributed by atoms with van der Waals surface area (Å²) in [6.07, 6.45) is 5.20. The maximum atomic E-state index is 14.6. The Balaban J connectivity index is 1.58. The van der Waals surface area contributed by atoms with E-state index in [0.717, 1.165) is 31.5 Å². The molecule has 0 spiro atoms. The van der Waals surface area contributed by atoms with Gasteiger partial charge in [0.15, 0.2) is 5.69 Å². The molecule has 0 atom stereocenters. The highest BCUT2D eigenvalue weighted by molar-refractivity contribution is 6.03. The summed E-state index contributed by atoms with van der Waals surface area (Å²) in [7, 11) is 2.09. The zero-order chi connectivity index (χ0) is 18.3. The van der Waals surface area contributed by atoms with E-state index in [1.54, 1.807) is 24.5 Å². The van der Waals surface area contributed by atoms with E-state index in [1.165, 1.54) is 4.40 Å². The summed E-state index contributed by atoms with van der Waals surface area (Å²) >= 11 is 0. The molecule has 0 radical (unpaired) electrons. The second-order valence-electron chi connectivity index (χ2n) is 6.84. The van der Waals surface area contributed by atoms with Crippen LogP contribution in [0.25, 0.3) is 5.65 Å². The summed E-state index contributed by atoms with van der Waals surface area (Å²) in [5, 5.41) is 7.12. The average molecular weight is 356 g/mol. The van der Waals surface area contributed by atoms with Gasteiger partial charge in [-0.3, -0.25) is 9.20 Å². The van der Waals surface area contributed by atoms with Gasteiger partial charge in [0.25, 0.3) is 5.91 Å². The van der Waals surface area contributed by atoms with Crippen LogP contribution in [-0.4, -0.2) is 50.1 Å². The fourth-order valence-electron chi connectivity index (χ4n) is 3.39. The molecule has 1 aliphatic heterocycles. The van der Waals surface area contributed by atoms with Crippen molar-refractivity contribution in [1.82, 2.24) is 24.1 Å². The van der Waals surface area contributed by atoms with Crippen LogP contribution in [0.1, 0.15) is 34.9 Å². The predicted octanol–water partition coefficient (Wildman–Crippen LogP) is 2.50. The minimum absolute atomic E-state index is 0.216. The molecule has 0 unspecified atom stereocenters. The molecule has 3 aromatic rings. The van der Waals surface area contributed by atoms with E-state index in [-0.39, 0.29) is 11.7 Å². The number of likely N-dealkylation sites (tertiary alicyclic amines) is 1. The van der Waals surface area contributed by atoms with E-state index in [4.69, 9.17) is 0 Å². The van der Waals surface area contributed by atoms with Crippen LogP contribution in [0.3, 0.4) is 0 Å². The molecule has 1 amide bonds. The Hall–Kier alpha value is -2.74. The maximum Gasteiger partial charge on any atom is 0.280 e. The molecule has 1 aliphatic rings. The van der Waals surface area contributed by atoms with E-state index in [9.17, 15) is 9.18 Å². The Morgan fingerprint density at radius 1 is 1.27 bits per heavy atom. The number of fused-ring (bicyclic) bond motifs is 1. The highest BCUT2D eigenvalue weighted by Gasteiger charge is 2.24. The number of anilines is 1. The van der Waals surface area contributed by atoms with E-state index in [2.05, 4.69) is 27.3 Å². The van der Waals surface area contributed by atoms with Crippen molar-refractivity contribution < 1.29 is 9.18 Å². The van der Waals surface area contributed by atoms with Crippen molar-refractivity contribution in [1.29, 1.82) is 0 Å². The first kappa shape index (κ1) is 16.7. The Bertz CT molecular complexity index is 954. The molecular formula is C18H21FN6O. The van der Waals surface area contributed by atoms with Crippen LogP contribution in [0.4, 0.5) is 10.2 Å². The number of nitrogens with zero attached hydrogens (tertiary/aromatic N) is 5. The molecule has 0 aliphatic carbocycles. The van der Waals surface area contributed by atoms with E-state index in [0.29, 0.717) is 11.5 Å². The smallest absolute Gasteiger partial charge is 0.280 e. The van der Waals surface area contributed by atoms with Gasteiger partial charge in [-0.1, -0.05) is 6.07 Å². The summed E-state index contributed by atoms with van der Waals surface area (Å²) in [5.41, 5.74) is 1.08. The fraction of sp³-hybridized carbons (Fsp3) is 0.389. The molecule has 0 saturated carbocycles. The number of piperidine rings is 1. The number of imidazole rings is 1. The number of amides is 1. The summed E-state index contributed by atoms with van der Waals surface area (Å²) in [4.78, 5) is 19.0. The third kappa shape index (κ3) is 2.96. The van der Waals surface area contributed by atoms with Gasteiger partial charge in [0.2, 0.25) is 5.95 Å². The Morgan fingerprint density at radius 3 is 2.81 bits per heavy atom. The van der Waals surface area contributed by atoms with E-state index >= 15 is 0 Å². The lowest BCUT2D eigenvalue weighted by molar-refractivity contribution is 0.101. The standard InChI is InChI=1S/C18H21FN6O/c1-12-3-4-14-21-16(17(19)24(14)11-12)18(26)22-15-5-8-20-25(15)13-6-9-23(2)10-7-13/h3-5,8,11,13H,6-7,9-10H2,1-2H3,(H,22,26). The monoisotopic (exact) mass is 356 g/mol. The number of halogens is 1. The zero-order valence-electron chi connectivity index (χ0n) is 14.8. The SMILES string of the molecule is Cc1ccc2nc(C(=O)Nc3ccnn3C3CCN(C)CC3)c(F)n2c1. The quantitative estimate of drug-likeness (QED) is 0.783. The number of pyridine rings is 1. The largest absolute Gasteiger partial charge is 0.306 e. The summed E-state index contributed by atoms with van der Waals surface area (Å²) in [5.74, 6) is -0.665. The number of carbonyl (C=O) groups excluding carboxylic acids is 1. The van der Waals surface area contributed by atoms with Crippen molar-refractivity contribution >= 4 is 17.4 Å². The van der Waals surface area contributed by atoms with Crippen molar-refractivity contribution in [2.45, 2.75) is 25.8 Å². The molecule has 0 aromatic carbocycles. The highest BCUT2D eigenvalue weighted by atomic mass is 19.1. The van der Waals surface area contributed by atoms with Crippen molar-refractivity contribution in [3.8, 4) is 0 Å². The predicted molar refractivity (Wildman–Crippen MR) is 95.8 cm³/mol. The first-order chi connectivity index (χ1) is 12.5. The van der Waals surface area contributed by atoms with Crippen LogP contribution in [0, 0.1) is 12.9 Å². The average Bonchev–Trinajstić information content (AvgIpc) is 3.21. The molecule has 26 heavy (non-hydrogen) atoms. The van der Waals surface area contributed by atoms with Gasteiger partial charge in [-0.25, -0.2) is 9.67 Å². The summed E-state index contributed by atoms with van der Waals surface area (Å²) in [6.45, 7) is 3.83. The highest BCUT2D eigenvalue weighted by Crippen LogP contribution is 2.25. The maximum absolute atomic E-state index is 14.6. The van der Waals surface area contributed by atoms with Crippen molar-refractivity contribution in [2.24, 2.45) is 0 Å². The van der Waals surface area contributed by atoms with Crippen molar-refractivity contribution in [2.75, 3.05) is 25.5 Å². The minimum atomic E-state index is -0.661. The minimum Gasteiger partial charge on any atom is -0.306 e. The Morgan fingerprint density at radius 2 is 2.04 bits per heavy atom. The van der Waals surface area contributed by atoms with Gasteiger partial charge in [0.05, 0.1) is 12.2 Å². The zero-order valence-corrected chi connectivity index (χ0v) is 14.8. The van der Waals surface area contributed by atoms with E-state index < -0.39 is 11.9 Å². The lowest BCUT2D eigenvalue weighted by Crippen LogP contribution is -2.32. The molecule has 1 N–H and O–H groups in total. The number of aromatic nitrogens is 4. The van der Waals surface area contributed by atoms with Crippen molar-refractivity contribution in [3.63, 3.8) is 0 Å². The number of carbonyl (C=O) groups is 1. The fourth-order valence-corrected chi connectivity index (χ4v) is 3.39. The Labute approximate surface area is 150 Å². The topological polar surface area (TPSA) is 67.5 Å². The lowest BCUT2D eigenvalue weighted by atomic mass is 10.1. The van der Waals surface area contributed by atoms with Gasteiger partial charge in [-0.15, -0.1) is 0 Å². The third-order valence-corrected chi connectivity index (χ3v) is 4.87. The van der Waals surface area contributed by atoms with Crippen LogP contribution in [0.2, 0.25) is 0 Å². The Kier molecular flexibility index (Phi) is 4.20. The van der Waals surface area contributed by atoms with Gasteiger partial charge < -0.3 is 10.2 Å². The van der Waals surface area contributed by atoms with Crippen LogP contribution in [0.15, 0.2) is 30.6 Å².